The Morgan fingerprint density at radius 1 is 1.11 bits per heavy atom. The molecule has 3 N–H and O–H groups in total. The van der Waals surface area contributed by atoms with Crippen LogP contribution in [0.25, 0.3) is 23.1 Å². The van der Waals surface area contributed by atoms with E-state index in [0.717, 1.165) is 77.1 Å². The molecule has 36 heavy (non-hydrogen) atoms. The molecule has 1 saturated heterocycles. The molecule has 0 amide bonds. The number of likely N-dealkylation sites (tertiary alicyclic amines) is 1. The van der Waals surface area contributed by atoms with Gasteiger partial charge in [-0.2, -0.15) is 5.26 Å². The van der Waals surface area contributed by atoms with Gasteiger partial charge in [0.15, 0.2) is 0 Å². The quantitative estimate of drug-likeness (QED) is 0.321. The number of hydrogen-bond donors (Lipinski definition) is 3. The molecule has 1 aliphatic heterocycles. The van der Waals surface area contributed by atoms with E-state index in [1.54, 1.807) is 6.20 Å². The first-order chi connectivity index (χ1) is 17.5. The van der Waals surface area contributed by atoms with Crippen LogP contribution in [0.1, 0.15) is 46.4 Å². The van der Waals surface area contributed by atoms with E-state index < -0.39 is 0 Å². The maximum atomic E-state index is 9.81. The zero-order valence-electron chi connectivity index (χ0n) is 20.8. The van der Waals surface area contributed by atoms with Crippen LogP contribution in [-0.4, -0.2) is 39.2 Å². The fraction of sp³-hybridized carbons (Fsp3) is 0.267. The molecule has 2 aromatic carbocycles. The summed E-state index contributed by atoms with van der Waals surface area (Å²) < 4.78 is 0. The monoisotopic (exact) mass is 477 g/mol. The van der Waals surface area contributed by atoms with Crippen LogP contribution < -0.4 is 5.32 Å². The third kappa shape index (κ3) is 5.03. The molecule has 0 spiro atoms. The first kappa shape index (κ1) is 23.8. The molecule has 3 heterocycles. The molecule has 4 aromatic rings. The average Bonchev–Trinajstić information content (AvgIpc) is 3.37. The smallest absolute Gasteiger partial charge is 0.103 e. The molecular weight excluding hydrogens is 446 g/mol. The minimum absolute atomic E-state index is 0.147. The highest BCUT2D eigenvalue weighted by Crippen LogP contribution is 2.32. The van der Waals surface area contributed by atoms with Crippen molar-refractivity contribution in [1.29, 1.82) is 5.26 Å². The van der Waals surface area contributed by atoms with Gasteiger partial charge in [-0.25, -0.2) is 0 Å². The summed E-state index contributed by atoms with van der Waals surface area (Å²) in [6.45, 7) is 6.84. The molecule has 1 aliphatic rings. The lowest BCUT2D eigenvalue weighted by Gasteiger charge is -2.29. The van der Waals surface area contributed by atoms with Crippen molar-refractivity contribution < 1.29 is 5.11 Å². The number of nitrogens with zero attached hydrogens (tertiary/aromatic N) is 3. The number of nitriles is 1. The van der Waals surface area contributed by atoms with Gasteiger partial charge in [0, 0.05) is 59.9 Å². The minimum Gasteiger partial charge on any atom is -0.393 e. The Morgan fingerprint density at radius 3 is 2.64 bits per heavy atom. The predicted molar refractivity (Wildman–Crippen MR) is 146 cm³/mol. The first-order valence-corrected chi connectivity index (χ1v) is 12.4. The number of aromatic amines is 1. The van der Waals surface area contributed by atoms with E-state index in [4.69, 9.17) is 0 Å². The third-order valence-corrected chi connectivity index (χ3v) is 7.09. The summed E-state index contributed by atoms with van der Waals surface area (Å²) in [5, 5.41) is 24.2. The Kier molecular flexibility index (Phi) is 6.86. The van der Waals surface area contributed by atoms with Gasteiger partial charge in [0.25, 0.3) is 0 Å². The van der Waals surface area contributed by atoms with E-state index in [9.17, 15) is 10.4 Å². The Labute approximate surface area is 211 Å². The fourth-order valence-corrected chi connectivity index (χ4v) is 4.85. The molecule has 5 rings (SSSR count). The van der Waals surface area contributed by atoms with Crippen molar-refractivity contribution in [2.75, 3.05) is 18.4 Å². The van der Waals surface area contributed by atoms with Gasteiger partial charge >= 0.3 is 0 Å². The van der Waals surface area contributed by atoms with Crippen molar-refractivity contribution in [3.05, 3.63) is 88.4 Å². The maximum Gasteiger partial charge on any atom is 0.103 e. The number of hydrogen-bond acceptors (Lipinski definition) is 5. The van der Waals surface area contributed by atoms with Crippen LogP contribution in [0.3, 0.4) is 0 Å². The number of aliphatic hydroxyl groups excluding tert-OH is 1. The molecule has 6 nitrogen and oxygen atoms in total. The Balaban J connectivity index is 1.39. The summed E-state index contributed by atoms with van der Waals surface area (Å²) in [6, 6.07) is 17.0. The van der Waals surface area contributed by atoms with Gasteiger partial charge in [0.2, 0.25) is 0 Å². The minimum atomic E-state index is -0.147. The molecule has 182 valence electrons. The van der Waals surface area contributed by atoms with E-state index in [-0.39, 0.29) is 6.10 Å². The number of pyridine rings is 1. The van der Waals surface area contributed by atoms with E-state index in [0.29, 0.717) is 5.56 Å². The number of anilines is 2. The Bertz CT molecular complexity index is 1440. The number of aryl methyl sites for hydroxylation is 2. The van der Waals surface area contributed by atoms with Crippen molar-refractivity contribution in [1.82, 2.24) is 14.9 Å². The van der Waals surface area contributed by atoms with Crippen LogP contribution in [-0.2, 0) is 6.54 Å². The lowest BCUT2D eigenvalue weighted by Crippen LogP contribution is -2.35. The number of aliphatic hydroxyl groups is 1. The summed E-state index contributed by atoms with van der Waals surface area (Å²) >= 11 is 0. The van der Waals surface area contributed by atoms with Crippen molar-refractivity contribution in [2.45, 2.75) is 39.3 Å². The van der Waals surface area contributed by atoms with Gasteiger partial charge in [0.05, 0.1) is 17.4 Å². The van der Waals surface area contributed by atoms with E-state index in [2.05, 4.69) is 69.6 Å². The number of rotatable bonds is 6. The lowest BCUT2D eigenvalue weighted by molar-refractivity contribution is 0.0792. The standard InChI is InChI=1S/C30H31N5O/c1-20-26-11-14-32-29(26)10-9-28(20)34-30-24(17-31)18-33-21(2)27(30)8-7-22-3-5-23(6-4-22)19-35-15-12-25(36)13-16-35/h3-11,14,18,25,32,36H,12-13,15-16,19H2,1-2H3,(H,33,34). The first-order valence-electron chi connectivity index (χ1n) is 12.4. The van der Waals surface area contributed by atoms with E-state index >= 15 is 0 Å². The normalized spacial score (nSPS) is 14.9. The molecule has 0 unspecified atom stereocenters. The molecule has 0 saturated carbocycles. The largest absolute Gasteiger partial charge is 0.393 e. The third-order valence-electron chi connectivity index (χ3n) is 7.09. The SMILES string of the molecule is Cc1ncc(C#N)c(Nc2ccc3[nH]ccc3c2C)c1C=Cc1ccc(CN2CCC(O)CC2)cc1. The molecule has 0 atom stereocenters. The van der Waals surface area contributed by atoms with Gasteiger partial charge in [-0.1, -0.05) is 36.4 Å². The molecular formula is C30H31N5O. The topological polar surface area (TPSA) is 88.0 Å². The van der Waals surface area contributed by atoms with Crippen molar-refractivity contribution >= 4 is 34.4 Å². The number of fused-ring (bicyclic) bond motifs is 1. The molecule has 2 aromatic heterocycles. The zero-order chi connectivity index (χ0) is 25.1. The van der Waals surface area contributed by atoms with Gasteiger partial charge in [-0.15, -0.1) is 0 Å². The van der Waals surface area contributed by atoms with Gasteiger partial charge in [-0.05, 0) is 61.6 Å². The molecule has 6 heteroatoms. The predicted octanol–water partition coefficient (Wildman–Crippen LogP) is 5.92. The maximum absolute atomic E-state index is 9.81. The van der Waals surface area contributed by atoms with Gasteiger partial charge in [0.1, 0.15) is 6.07 Å². The summed E-state index contributed by atoms with van der Waals surface area (Å²) in [5.74, 6) is 0. The highest BCUT2D eigenvalue weighted by atomic mass is 16.3. The summed E-state index contributed by atoms with van der Waals surface area (Å²) in [6.07, 6.45) is 9.24. The second kappa shape index (κ2) is 10.4. The molecule has 0 radical (unpaired) electrons. The molecule has 0 bridgehead atoms. The zero-order valence-corrected chi connectivity index (χ0v) is 20.8. The molecule has 0 aliphatic carbocycles. The van der Waals surface area contributed by atoms with Gasteiger partial charge in [-0.3, -0.25) is 9.88 Å². The van der Waals surface area contributed by atoms with Gasteiger partial charge < -0.3 is 15.4 Å². The number of aromatic nitrogens is 2. The number of benzene rings is 2. The van der Waals surface area contributed by atoms with Crippen molar-refractivity contribution in [3.63, 3.8) is 0 Å². The summed E-state index contributed by atoms with van der Waals surface area (Å²) in [7, 11) is 0. The number of piperidine rings is 1. The van der Waals surface area contributed by atoms with E-state index in [1.807, 2.05) is 31.3 Å². The average molecular weight is 478 g/mol. The Hall–Kier alpha value is -3.92. The summed E-state index contributed by atoms with van der Waals surface area (Å²) in [4.78, 5) is 10.1. The van der Waals surface area contributed by atoms with Crippen LogP contribution in [0.15, 0.2) is 54.9 Å². The summed E-state index contributed by atoms with van der Waals surface area (Å²) in [5.41, 5.74) is 8.58. The van der Waals surface area contributed by atoms with Crippen LogP contribution in [0.4, 0.5) is 11.4 Å². The number of H-pyrrole nitrogens is 1. The van der Waals surface area contributed by atoms with Crippen LogP contribution in [0.2, 0.25) is 0 Å². The fourth-order valence-electron chi connectivity index (χ4n) is 4.85. The van der Waals surface area contributed by atoms with E-state index in [1.165, 1.54) is 5.56 Å². The Morgan fingerprint density at radius 2 is 1.89 bits per heavy atom. The highest BCUT2D eigenvalue weighted by molar-refractivity contribution is 5.90. The highest BCUT2D eigenvalue weighted by Gasteiger charge is 2.17. The second-order valence-corrected chi connectivity index (χ2v) is 9.54. The van der Waals surface area contributed by atoms with Crippen molar-refractivity contribution in [3.8, 4) is 6.07 Å². The van der Waals surface area contributed by atoms with Crippen LogP contribution in [0, 0.1) is 25.2 Å². The molecule has 1 fully saturated rings. The van der Waals surface area contributed by atoms with Crippen LogP contribution in [0.5, 0.6) is 0 Å². The lowest BCUT2D eigenvalue weighted by atomic mass is 10.0. The van der Waals surface area contributed by atoms with Crippen LogP contribution >= 0.6 is 0 Å². The number of nitrogens with one attached hydrogen (secondary N) is 2. The van der Waals surface area contributed by atoms with Crippen molar-refractivity contribution in [2.24, 2.45) is 0 Å². The second-order valence-electron chi connectivity index (χ2n) is 9.54.